The van der Waals surface area contributed by atoms with E-state index in [1.54, 1.807) is 38.3 Å². The Bertz CT molecular complexity index is 1070. The fourth-order valence-electron chi connectivity index (χ4n) is 3.07. The van der Waals surface area contributed by atoms with Crippen molar-refractivity contribution in [2.75, 3.05) is 25.7 Å². The van der Waals surface area contributed by atoms with Gasteiger partial charge >= 0.3 is 19.9 Å². The average Bonchev–Trinajstić information content (AvgIpc) is 3.43. The number of hydrogen-bond donors (Lipinski definition) is 1. The van der Waals surface area contributed by atoms with Crippen molar-refractivity contribution >= 4 is 31.2 Å². The Labute approximate surface area is 207 Å². The van der Waals surface area contributed by atoms with Gasteiger partial charge in [0.05, 0.1) is 17.8 Å². The van der Waals surface area contributed by atoms with E-state index >= 15 is 0 Å². The fraction of sp³-hybridized carbons (Fsp3) is 0.619. The third kappa shape index (κ3) is 8.05. The van der Waals surface area contributed by atoms with E-state index in [0.717, 1.165) is 5.69 Å². The van der Waals surface area contributed by atoms with E-state index in [1.807, 2.05) is 6.07 Å². The highest BCUT2D eigenvalue weighted by Crippen LogP contribution is 2.52. The van der Waals surface area contributed by atoms with Gasteiger partial charge in [-0.3, -0.25) is 13.6 Å². The van der Waals surface area contributed by atoms with Gasteiger partial charge in [0.15, 0.2) is 5.82 Å². The van der Waals surface area contributed by atoms with Gasteiger partial charge in [0.25, 0.3) is 0 Å². The SMILES string of the molecule is CC(C)OC(=O)OCOP(=O)(COC1(Cc2ccc3c(N)ncnn23)CC1)OCOC(=O)OC(C)C. The van der Waals surface area contributed by atoms with E-state index in [2.05, 4.69) is 10.1 Å². The minimum Gasteiger partial charge on any atom is -0.432 e. The van der Waals surface area contributed by atoms with Crippen LogP contribution in [-0.4, -0.2) is 64.7 Å². The van der Waals surface area contributed by atoms with E-state index in [-0.39, 0.29) is 0 Å². The molecule has 3 rings (SSSR count). The maximum atomic E-state index is 13.3. The molecule has 2 aromatic rings. The largest absolute Gasteiger partial charge is 0.510 e. The summed E-state index contributed by atoms with van der Waals surface area (Å²) in [4.78, 5) is 27.1. The highest BCUT2D eigenvalue weighted by atomic mass is 31.2. The summed E-state index contributed by atoms with van der Waals surface area (Å²) < 4.78 is 50.5. The topological polar surface area (TPSA) is 172 Å². The van der Waals surface area contributed by atoms with Gasteiger partial charge in [-0.2, -0.15) is 5.10 Å². The molecule has 1 aliphatic rings. The Balaban J connectivity index is 1.60. The molecule has 200 valence electrons. The zero-order valence-electron chi connectivity index (χ0n) is 20.6. The summed E-state index contributed by atoms with van der Waals surface area (Å²) in [6.07, 6.45) is -0.135. The fourth-order valence-corrected chi connectivity index (χ4v) is 4.15. The number of carbonyl (C=O) groups excluding carboxylic acids is 2. The quantitative estimate of drug-likeness (QED) is 0.226. The molecule has 36 heavy (non-hydrogen) atoms. The monoisotopic (exact) mass is 530 g/mol. The van der Waals surface area contributed by atoms with Gasteiger partial charge in [-0.05, 0) is 52.7 Å². The van der Waals surface area contributed by atoms with Crippen molar-refractivity contribution in [1.82, 2.24) is 14.6 Å². The third-order valence-corrected chi connectivity index (χ3v) is 6.36. The zero-order chi connectivity index (χ0) is 26.3. The summed E-state index contributed by atoms with van der Waals surface area (Å²) in [5, 5.41) is 4.22. The van der Waals surface area contributed by atoms with Crippen LogP contribution in [0.5, 0.6) is 0 Å². The third-order valence-electron chi connectivity index (χ3n) is 4.92. The molecule has 0 radical (unpaired) electrons. The van der Waals surface area contributed by atoms with Crippen molar-refractivity contribution in [3.8, 4) is 0 Å². The molecule has 0 aromatic carbocycles. The van der Waals surface area contributed by atoms with Crippen LogP contribution in [0.4, 0.5) is 15.4 Å². The van der Waals surface area contributed by atoms with Crippen molar-refractivity contribution in [3.63, 3.8) is 0 Å². The predicted molar refractivity (Wildman–Crippen MR) is 124 cm³/mol. The van der Waals surface area contributed by atoms with Gasteiger partial charge in [0, 0.05) is 12.1 Å². The number of carbonyl (C=O) groups is 2. The van der Waals surface area contributed by atoms with Crippen molar-refractivity contribution in [2.45, 2.75) is 64.8 Å². The first-order chi connectivity index (χ1) is 17.0. The lowest BCUT2D eigenvalue weighted by Gasteiger charge is -2.22. The Hall–Kier alpha value is -2.93. The lowest BCUT2D eigenvalue weighted by molar-refractivity contribution is -0.0386. The number of nitrogen functional groups attached to an aromatic ring is 1. The summed E-state index contributed by atoms with van der Waals surface area (Å²) in [5.74, 6) is 0.348. The molecule has 0 atom stereocenters. The second kappa shape index (κ2) is 11.9. The van der Waals surface area contributed by atoms with Crippen LogP contribution in [0.25, 0.3) is 5.52 Å². The van der Waals surface area contributed by atoms with Crippen LogP contribution in [0.15, 0.2) is 18.5 Å². The molecule has 0 unspecified atom stereocenters. The molecule has 1 aliphatic carbocycles. The summed E-state index contributed by atoms with van der Waals surface area (Å²) >= 11 is 0. The second-order valence-corrected chi connectivity index (χ2v) is 10.6. The van der Waals surface area contributed by atoms with Gasteiger partial charge in [-0.15, -0.1) is 0 Å². The van der Waals surface area contributed by atoms with Crippen molar-refractivity contribution in [1.29, 1.82) is 0 Å². The van der Waals surface area contributed by atoms with Crippen LogP contribution in [-0.2, 0) is 43.7 Å². The molecule has 2 aromatic heterocycles. The number of fused-ring (bicyclic) bond motifs is 1. The number of aromatic nitrogens is 3. The van der Waals surface area contributed by atoms with Crippen molar-refractivity contribution < 1.29 is 46.9 Å². The molecule has 15 heteroatoms. The standard InChI is InChI=1S/C21H31N4O10P/c1-14(2)34-19(26)29-11-32-36(28,33-12-30-20(27)35-15(3)4)13-31-21(7-8-21)9-16-5-6-17-18(22)23-10-24-25(16)17/h5-6,10,14-15H,7-9,11-13H2,1-4H3,(H2,22,23,24). The van der Waals surface area contributed by atoms with Crippen LogP contribution in [0.1, 0.15) is 46.2 Å². The first-order valence-corrected chi connectivity index (χ1v) is 13.0. The number of anilines is 1. The Morgan fingerprint density at radius 1 is 1.06 bits per heavy atom. The molecule has 0 amide bonds. The van der Waals surface area contributed by atoms with Crippen molar-refractivity contribution in [3.05, 3.63) is 24.2 Å². The first-order valence-electron chi connectivity index (χ1n) is 11.3. The summed E-state index contributed by atoms with van der Waals surface area (Å²) in [6.45, 7) is 5.11. The molecule has 1 fully saturated rings. The van der Waals surface area contributed by atoms with Crippen LogP contribution in [0.3, 0.4) is 0 Å². The van der Waals surface area contributed by atoms with Gasteiger partial charge < -0.3 is 29.4 Å². The first kappa shape index (κ1) is 27.7. The van der Waals surface area contributed by atoms with E-state index in [9.17, 15) is 14.2 Å². The lowest BCUT2D eigenvalue weighted by atomic mass is 10.2. The average molecular weight is 530 g/mol. The number of nitrogens with zero attached hydrogens (tertiary/aromatic N) is 3. The number of rotatable bonds is 13. The van der Waals surface area contributed by atoms with E-state index < -0.39 is 57.6 Å². The van der Waals surface area contributed by atoms with E-state index in [1.165, 1.54) is 6.33 Å². The van der Waals surface area contributed by atoms with Gasteiger partial charge in [-0.25, -0.2) is 19.1 Å². The maximum absolute atomic E-state index is 13.3. The Kier molecular flexibility index (Phi) is 9.12. The summed E-state index contributed by atoms with van der Waals surface area (Å²) in [7, 11) is -4.04. The molecular weight excluding hydrogens is 499 g/mol. The number of nitrogens with two attached hydrogens (primary N) is 1. The van der Waals surface area contributed by atoms with Crippen LogP contribution >= 0.6 is 7.60 Å². The van der Waals surface area contributed by atoms with Crippen molar-refractivity contribution in [2.24, 2.45) is 0 Å². The minimum absolute atomic E-state index is 0.348. The zero-order valence-corrected chi connectivity index (χ0v) is 21.5. The van der Waals surface area contributed by atoms with E-state index in [4.69, 9.17) is 38.5 Å². The molecule has 0 bridgehead atoms. The summed E-state index contributed by atoms with van der Waals surface area (Å²) in [5.41, 5.74) is 6.75. The maximum Gasteiger partial charge on any atom is 0.510 e. The normalized spacial score (nSPS) is 14.7. The summed E-state index contributed by atoms with van der Waals surface area (Å²) in [6, 6.07) is 3.66. The predicted octanol–water partition coefficient (Wildman–Crippen LogP) is 3.63. The van der Waals surface area contributed by atoms with Crippen LogP contribution < -0.4 is 5.73 Å². The lowest BCUT2D eigenvalue weighted by Crippen LogP contribution is -2.22. The van der Waals surface area contributed by atoms with Gasteiger partial charge in [-0.1, -0.05) is 0 Å². The Morgan fingerprint density at radius 3 is 2.17 bits per heavy atom. The van der Waals surface area contributed by atoms with E-state index in [0.29, 0.717) is 30.6 Å². The molecule has 14 nitrogen and oxygen atoms in total. The number of hydrogen-bond acceptors (Lipinski definition) is 13. The number of ether oxygens (including phenoxy) is 5. The highest BCUT2D eigenvalue weighted by Gasteiger charge is 2.47. The van der Waals surface area contributed by atoms with Crippen LogP contribution in [0, 0.1) is 0 Å². The second-order valence-electron chi connectivity index (χ2n) is 8.63. The molecule has 1 saturated carbocycles. The molecule has 2 heterocycles. The smallest absolute Gasteiger partial charge is 0.432 e. The Morgan fingerprint density at radius 2 is 1.64 bits per heavy atom. The molecule has 0 spiro atoms. The molecular formula is C21H31N4O10P. The molecule has 2 N–H and O–H groups in total. The molecule has 0 saturated heterocycles. The molecule has 0 aliphatic heterocycles. The van der Waals surface area contributed by atoms with Gasteiger partial charge in [0.2, 0.25) is 13.6 Å². The highest BCUT2D eigenvalue weighted by molar-refractivity contribution is 7.53. The van der Waals surface area contributed by atoms with Crippen LogP contribution in [0.2, 0.25) is 0 Å². The minimum atomic E-state index is -4.04. The van der Waals surface area contributed by atoms with Gasteiger partial charge in [0.1, 0.15) is 18.2 Å².